The Morgan fingerprint density at radius 3 is 2.56 bits per heavy atom. The molecule has 0 bridgehead atoms. The molecular weight excluding hydrogens is 330 g/mol. The van der Waals surface area contributed by atoms with Crippen molar-refractivity contribution in [3.05, 3.63) is 58.9 Å². The smallest absolute Gasteiger partial charge is 0.0392 e. The molecule has 146 valence electrons. The van der Waals surface area contributed by atoms with Gasteiger partial charge in [-0.3, -0.25) is 4.90 Å². The Hall–Kier alpha value is -2.00. The lowest BCUT2D eigenvalue weighted by atomic mass is 9.74. The van der Waals surface area contributed by atoms with Gasteiger partial charge in [-0.2, -0.15) is 0 Å². The van der Waals surface area contributed by atoms with Gasteiger partial charge in [-0.25, -0.2) is 0 Å². The van der Waals surface area contributed by atoms with E-state index in [1.54, 1.807) is 0 Å². The molecule has 1 aliphatic carbocycles. The van der Waals surface area contributed by atoms with Gasteiger partial charge < -0.3 is 10.6 Å². The second-order valence-electron chi connectivity index (χ2n) is 7.82. The summed E-state index contributed by atoms with van der Waals surface area (Å²) in [7, 11) is 0. The predicted octanol–water partition coefficient (Wildman–Crippen LogP) is 4.57. The van der Waals surface area contributed by atoms with Gasteiger partial charge in [-0.1, -0.05) is 31.7 Å². The largest absolute Gasteiger partial charge is 0.404 e. The molecule has 0 radical (unpaired) electrons. The third kappa shape index (κ3) is 3.34. The normalized spacial score (nSPS) is 23.6. The highest BCUT2D eigenvalue weighted by molar-refractivity contribution is 5.89. The minimum atomic E-state index is 0.369. The molecule has 0 saturated heterocycles. The molecule has 1 aromatic rings. The molecule has 3 nitrogen and oxygen atoms in total. The highest BCUT2D eigenvalue weighted by atomic mass is 15.2. The van der Waals surface area contributed by atoms with Crippen LogP contribution in [-0.4, -0.2) is 42.0 Å². The van der Waals surface area contributed by atoms with E-state index in [0.717, 1.165) is 32.6 Å². The molecule has 2 atom stereocenters. The molecule has 2 aliphatic rings. The summed E-state index contributed by atoms with van der Waals surface area (Å²) in [6, 6.07) is 4.97. The molecule has 0 saturated carbocycles. The summed E-state index contributed by atoms with van der Waals surface area (Å²) < 4.78 is 0. The number of benzene rings is 1. The highest BCUT2D eigenvalue weighted by Gasteiger charge is 2.37. The van der Waals surface area contributed by atoms with Crippen LogP contribution in [0.3, 0.4) is 0 Å². The van der Waals surface area contributed by atoms with Gasteiger partial charge in [0.25, 0.3) is 0 Å². The highest BCUT2D eigenvalue weighted by Crippen LogP contribution is 2.45. The lowest BCUT2D eigenvalue weighted by Gasteiger charge is -2.44. The fraction of sp³-hybridized carbons (Fsp3) is 0.500. The van der Waals surface area contributed by atoms with E-state index in [9.17, 15) is 0 Å². The van der Waals surface area contributed by atoms with E-state index in [-0.39, 0.29) is 0 Å². The van der Waals surface area contributed by atoms with Crippen LogP contribution in [-0.2, 0) is 0 Å². The zero-order valence-electron chi connectivity index (χ0n) is 17.7. The van der Waals surface area contributed by atoms with Crippen LogP contribution in [0, 0.1) is 19.8 Å². The van der Waals surface area contributed by atoms with Gasteiger partial charge in [0.2, 0.25) is 0 Å². The van der Waals surface area contributed by atoms with Gasteiger partial charge in [0, 0.05) is 37.3 Å². The summed E-state index contributed by atoms with van der Waals surface area (Å²) in [5.74, 6) is 0.369. The number of fused-ring (bicyclic) bond motifs is 3. The van der Waals surface area contributed by atoms with Crippen LogP contribution in [0.4, 0.5) is 0 Å². The second-order valence-corrected chi connectivity index (χ2v) is 7.82. The molecule has 0 fully saturated rings. The van der Waals surface area contributed by atoms with Gasteiger partial charge >= 0.3 is 0 Å². The minimum Gasteiger partial charge on any atom is -0.404 e. The molecule has 1 heterocycles. The van der Waals surface area contributed by atoms with E-state index in [1.807, 2.05) is 6.20 Å². The Balaban J connectivity index is 2.13. The zero-order valence-corrected chi connectivity index (χ0v) is 17.7. The molecule has 3 heteroatoms. The first-order valence-electron chi connectivity index (χ1n) is 10.4. The van der Waals surface area contributed by atoms with Crippen molar-refractivity contribution in [3.63, 3.8) is 0 Å². The Bertz CT molecular complexity index is 783. The second kappa shape index (κ2) is 7.93. The molecule has 0 aromatic heterocycles. The van der Waals surface area contributed by atoms with E-state index in [2.05, 4.69) is 69.2 Å². The summed E-state index contributed by atoms with van der Waals surface area (Å²) in [4.78, 5) is 5.00. The van der Waals surface area contributed by atoms with Crippen LogP contribution in [0.25, 0.3) is 11.1 Å². The average molecular weight is 366 g/mol. The summed E-state index contributed by atoms with van der Waals surface area (Å²) >= 11 is 0. The van der Waals surface area contributed by atoms with Gasteiger partial charge in [-0.05, 0) is 80.3 Å². The van der Waals surface area contributed by atoms with Gasteiger partial charge in [0.05, 0.1) is 0 Å². The monoisotopic (exact) mass is 365 g/mol. The Morgan fingerprint density at radius 1 is 1.26 bits per heavy atom. The van der Waals surface area contributed by atoms with Crippen molar-refractivity contribution in [2.75, 3.05) is 26.2 Å². The third-order valence-corrected chi connectivity index (χ3v) is 6.60. The summed E-state index contributed by atoms with van der Waals surface area (Å²) in [5, 5.41) is 0. The quantitative estimate of drug-likeness (QED) is 0.830. The van der Waals surface area contributed by atoms with Crippen molar-refractivity contribution >= 4 is 11.1 Å². The van der Waals surface area contributed by atoms with Crippen molar-refractivity contribution in [1.29, 1.82) is 0 Å². The average Bonchev–Trinajstić information content (AvgIpc) is 2.69. The van der Waals surface area contributed by atoms with Crippen molar-refractivity contribution < 1.29 is 0 Å². The Labute approximate surface area is 165 Å². The van der Waals surface area contributed by atoms with Crippen molar-refractivity contribution in [2.24, 2.45) is 11.7 Å². The van der Waals surface area contributed by atoms with E-state index >= 15 is 0 Å². The predicted molar refractivity (Wildman–Crippen MR) is 117 cm³/mol. The number of rotatable bonds is 5. The lowest BCUT2D eigenvalue weighted by molar-refractivity contribution is 0.206. The number of likely N-dealkylation sites (N-methyl/N-ethyl adjacent to an activating group) is 1. The maximum atomic E-state index is 6.08. The zero-order chi connectivity index (χ0) is 19.7. The maximum absolute atomic E-state index is 6.08. The Kier molecular flexibility index (Phi) is 5.81. The lowest BCUT2D eigenvalue weighted by Crippen LogP contribution is -2.46. The molecular formula is C24H35N3. The molecule has 0 spiro atoms. The first-order chi connectivity index (χ1) is 13.0. The SMILES string of the molecule is C=C(C1C=C2c3ccc(C)c(C)c3/C(=C\N)CC2N(CC)C1)N(CC)CC. The van der Waals surface area contributed by atoms with E-state index in [1.165, 1.54) is 39.1 Å². The molecule has 2 unspecified atom stereocenters. The van der Waals surface area contributed by atoms with Crippen LogP contribution in [0.5, 0.6) is 0 Å². The summed E-state index contributed by atoms with van der Waals surface area (Å²) in [5.41, 5.74) is 15.5. The molecule has 1 aromatic carbocycles. The maximum Gasteiger partial charge on any atom is 0.0392 e. The fourth-order valence-corrected chi connectivity index (χ4v) is 4.81. The number of nitrogens with two attached hydrogens (primary N) is 1. The van der Waals surface area contributed by atoms with Crippen LogP contribution >= 0.6 is 0 Å². The van der Waals surface area contributed by atoms with Crippen LogP contribution < -0.4 is 5.73 Å². The number of aryl methyl sites for hydroxylation is 1. The number of hydrogen-bond acceptors (Lipinski definition) is 3. The van der Waals surface area contributed by atoms with Crippen molar-refractivity contribution in [3.8, 4) is 0 Å². The summed E-state index contributed by atoms with van der Waals surface area (Å²) in [6.45, 7) is 19.7. The van der Waals surface area contributed by atoms with Crippen LogP contribution in [0.2, 0.25) is 0 Å². The van der Waals surface area contributed by atoms with E-state index in [0.29, 0.717) is 12.0 Å². The van der Waals surface area contributed by atoms with Crippen molar-refractivity contribution in [1.82, 2.24) is 9.80 Å². The van der Waals surface area contributed by atoms with Gasteiger partial charge in [0.15, 0.2) is 0 Å². The first kappa shape index (κ1) is 19.8. The molecule has 1 aliphatic heterocycles. The van der Waals surface area contributed by atoms with Crippen molar-refractivity contribution in [2.45, 2.75) is 47.1 Å². The fourth-order valence-electron chi connectivity index (χ4n) is 4.81. The summed E-state index contributed by atoms with van der Waals surface area (Å²) in [6.07, 6.45) is 5.33. The van der Waals surface area contributed by atoms with E-state index < -0.39 is 0 Å². The first-order valence-corrected chi connectivity index (χ1v) is 10.4. The van der Waals surface area contributed by atoms with E-state index in [4.69, 9.17) is 5.73 Å². The molecule has 0 amide bonds. The standard InChI is InChI=1S/C24H35N3/c1-7-26(8-2)18(6)20-12-22-21-11-10-16(4)17(5)24(21)19(14-25)13-23(22)27(9-3)15-20/h10-12,14,20,23H,6-9,13,15,25H2,1-5H3/b19-14-. The molecule has 3 rings (SSSR count). The van der Waals surface area contributed by atoms with Crippen LogP contribution in [0.1, 0.15) is 49.4 Å². The molecule has 27 heavy (non-hydrogen) atoms. The van der Waals surface area contributed by atoms with Crippen LogP contribution in [0.15, 0.2) is 36.7 Å². The number of hydrogen-bond donors (Lipinski definition) is 1. The molecule has 2 N–H and O–H groups in total. The number of nitrogens with zero attached hydrogens (tertiary/aromatic N) is 2. The third-order valence-electron chi connectivity index (χ3n) is 6.60. The van der Waals surface area contributed by atoms with Gasteiger partial charge in [0.1, 0.15) is 0 Å². The minimum absolute atomic E-state index is 0.369. The topological polar surface area (TPSA) is 32.5 Å². The van der Waals surface area contributed by atoms with Gasteiger partial charge in [-0.15, -0.1) is 0 Å². The Morgan fingerprint density at radius 2 is 1.96 bits per heavy atom.